The van der Waals surface area contributed by atoms with Gasteiger partial charge in [0.05, 0.1) is 0 Å². The van der Waals surface area contributed by atoms with Crippen molar-refractivity contribution in [2.75, 3.05) is 0 Å². The molecule has 79 valence electrons. The van der Waals surface area contributed by atoms with Gasteiger partial charge in [0.25, 0.3) is 6.29 Å². The van der Waals surface area contributed by atoms with Gasteiger partial charge in [0.15, 0.2) is 0 Å². The fraction of sp³-hybridized carbons (Fsp3) is 0. The molecule has 16 heavy (non-hydrogen) atoms. The second-order valence-corrected chi connectivity index (χ2v) is 3.64. The standard InChI is InChI=1S/C10H5N2O3S/c13-6-8-11-4-3-9(12-8)15-10(14)7-2-1-5-16-7/h1-5H. The molecule has 0 aliphatic heterocycles. The molecule has 2 aromatic rings. The highest BCUT2D eigenvalue weighted by Gasteiger charge is 2.10. The maximum atomic E-state index is 11.5. The van der Waals surface area contributed by atoms with Crippen LogP contribution in [0.25, 0.3) is 0 Å². The third kappa shape index (κ3) is 2.29. The van der Waals surface area contributed by atoms with Gasteiger partial charge in [-0.05, 0) is 11.4 Å². The number of ether oxygens (including phenoxy) is 1. The van der Waals surface area contributed by atoms with Crippen LogP contribution in [-0.4, -0.2) is 22.2 Å². The van der Waals surface area contributed by atoms with Crippen LogP contribution in [0.5, 0.6) is 5.88 Å². The predicted octanol–water partition coefficient (Wildman–Crippen LogP) is 1.22. The molecule has 0 unspecified atom stereocenters. The van der Waals surface area contributed by atoms with Crippen LogP contribution in [0.4, 0.5) is 0 Å². The third-order valence-electron chi connectivity index (χ3n) is 1.64. The van der Waals surface area contributed by atoms with E-state index in [2.05, 4.69) is 9.97 Å². The van der Waals surface area contributed by atoms with Crippen molar-refractivity contribution in [3.63, 3.8) is 0 Å². The van der Waals surface area contributed by atoms with E-state index in [1.165, 1.54) is 29.9 Å². The van der Waals surface area contributed by atoms with Gasteiger partial charge in [-0.1, -0.05) is 6.07 Å². The SMILES string of the molecule is O=[C]c1nccc(OC(=O)c2cccs2)n1. The molecule has 0 spiro atoms. The highest BCUT2D eigenvalue weighted by Crippen LogP contribution is 2.12. The Labute approximate surface area is 94.7 Å². The second kappa shape index (κ2) is 4.63. The fourth-order valence-corrected chi connectivity index (χ4v) is 1.59. The number of nitrogens with zero attached hydrogens (tertiary/aromatic N) is 2. The number of hydrogen-bond acceptors (Lipinski definition) is 6. The minimum absolute atomic E-state index is 0.0340. The third-order valence-corrected chi connectivity index (χ3v) is 2.49. The van der Waals surface area contributed by atoms with Crippen LogP contribution < -0.4 is 4.74 Å². The average Bonchev–Trinajstić information content (AvgIpc) is 2.83. The molecule has 6 heteroatoms. The lowest BCUT2D eigenvalue weighted by atomic mass is 10.5. The molecule has 0 saturated heterocycles. The molecule has 0 aromatic carbocycles. The number of carbonyl (C=O) groups is 1. The Morgan fingerprint density at radius 3 is 3.00 bits per heavy atom. The summed E-state index contributed by atoms with van der Waals surface area (Å²) in [6, 6.07) is 4.78. The van der Waals surface area contributed by atoms with Gasteiger partial charge in [-0.25, -0.2) is 9.78 Å². The van der Waals surface area contributed by atoms with Crippen molar-refractivity contribution in [3.8, 4) is 5.88 Å². The lowest BCUT2D eigenvalue weighted by Crippen LogP contribution is -2.08. The second-order valence-electron chi connectivity index (χ2n) is 2.69. The van der Waals surface area contributed by atoms with Gasteiger partial charge in [0.2, 0.25) is 11.7 Å². The first-order valence-electron chi connectivity index (χ1n) is 4.26. The molecule has 2 rings (SSSR count). The van der Waals surface area contributed by atoms with Crippen molar-refractivity contribution in [1.82, 2.24) is 9.97 Å². The molecule has 2 heterocycles. The monoisotopic (exact) mass is 233 g/mol. The van der Waals surface area contributed by atoms with Crippen LogP contribution in [0, 0.1) is 0 Å². The molecule has 0 bridgehead atoms. The highest BCUT2D eigenvalue weighted by atomic mass is 32.1. The van der Waals surface area contributed by atoms with E-state index in [1.54, 1.807) is 17.5 Å². The van der Waals surface area contributed by atoms with Crippen molar-refractivity contribution in [3.05, 3.63) is 40.5 Å². The van der Waals surface area contributed by atoms with Crippen LogP contribution in [0.1, 0.15) is 15.5 Å². The molecule has 5 nitrogen and oxygen atoms in total. The quantitative estimate of drug-likeness (QED) is 0.745. The van der Waals surface area contributed by atoms with Gasteiger partial charge in [-0.15, -0.1) is 11.3 Å². The lowest BCUT2D eigenvalue weighted by Gasteiger charge is -2.00. The predicted molar refractivity (Wildman–Crippen MR) is 56.1 cm³/mol. The average molecular weight is 233 g/mol. The molecule has 0 fully saturated rings. The summed E-state index contributed by atoms with van der Waals surface area (Å²) in [4.78, 5) is 29.5. The topological polar surface area (TPSA) is 69.2 Å². The van der Waals surface area contributed by atoms with Crippen LogP contribution in [-0.2, 0) is 4.79 Å². The summed E-state index contributed by atoms with van der Waals surface area (Å²) in [5, 5.41) is 1.77. The summed E-state index contributed by atoms with van der Waals surface area (Å²) in [5.74, 6) is -0.617. The first kappa shape index (κ1) is 10.4. The zero-order valence-electron chi connectivity index (χ0n) is 7.91. The van der Waals surface area contributed by atoms with E-state index in [9.17, 15) is 9.59 Å². The normalized spacial score (nSPS) is 9.75. The minimum atomic E-state index is -0.509. The Morgan fingerprint density at radius 2 is 2.31 bits per heavy atom. The van der Waals surface area contributed by atoms with E-state index < -0.39 is 5.97 Å². The Kier molecular flexibility index (Phi) is 3.02. The Morgan fingerprint density at radius 1 is 1.44 bits per heavy atom. The van der Waals surface area contributed by atoms with E-state index in [4.69, 9.17) is 4.74 Å². The number of rotatable bonds is 3. The molecule has 0 N–H and O–H groups in total. The molecular weight excluding hydrogens is 228 g/mol. The summed E-state index contributed by atoms with van der Waals surface area (Å²) < 4.78 is 4.94. The smallest absolute Gasteiger partial charge is 0.355 e. The highest BCUT2D eigenvalue weighted by molar-refractivity contribution is 7.12. The first-order chi connectivity index (χ1) is 7.79. The van der Waals surface area contributed by atoms with E-state index in [-0.39, 0.29) is 11.7 Å². The maximum Gasteiger partial charge on any atom is 0.355 e. The summed E-state index contributed by atoms with van der Waals surface area (Å²) in [7, 11) is 0. The number of esters is 1. The molecule has 0 saturated carbocycles. The number of aromatic nitrogens is 2. The summed E-state index contributed by atoms with van der Waals surface area (Å²) in [6.07, 6.45) is 2.84. The molecular formula is C10H5N2O3S. The van der Waals surface area contributed by atoms with Gasteiger partial charge in [-0.3, -0.25) is 4.79 Å². The van der Waals surface area contributed by atoms with Crippen LogP contribution in [0.3, 0.4) is 0 Å². The zero-order valence-corrected chi connectivity index (χ0v) is 8.73. The molecule has 0 amide bonds. The molecule has 1 radical (unpaired) electrons. The molecule has 0 atom stereocenters. The largest absolute Gasteiger partial charge is 0.403 e. The van der Waals surface area contributed by atoms with Crippen LogP contribution in [0.15, 0.2) is 29.8 Å². The van der Waals surface area contributed by atoms with Gasteiger partial charge < -0.3 is 4.74 Å². The number of thiophene rings is 1. The van der Waals surface area contributed by atoms with Gasteiger partial charge in [-0.2, -0.15) is 4.98 Å². The van der Waals surface area contributed by atoms with Crippen LogP contribution in [0.2, 0.25) is 0 Å². The maximum absolute atomic E-state index is 11.5. The molecule has 2 aromatic heterocycles. The molecule has 0 aliphatic rings. The Hall–Kier alpha value is -2.08. The van der Waals surface area contributed by atoms with Gasteiger partial charge >= 0.3 is 5.97 Å². The van der Waals surface area contributed by atoms with E-state index in [0.717, 1.165) is 0 Å². The Balaban J connectivity index is 2.15. The fourth-order valence-electron chi connectivity index (χ4n) is 0.988. The van der Waals surface area contributed by atoms with E-state index in [0.29, 0.717) is 4.88 Å². The number of carbonyl (C=O) groups excluding carboxylic acids is 2. The lowest BCUT2D eigenvalue weighted by molar-refractivity contribution is 0.0732. The first-order valence-corrected chi connectivity index (χ1v) is 5.14. The zero-order chi connectivity index (χ0) is 11.4. The summed E-state index contributed by atoms with van der Waals surface area (Å²) >= 11 is 1.26. The van der Waals surface area contributed by atoms with Crippen molar-refractivity contribution in [2.24, 2.45) is 0 Å². The van der Waals surface area contributed by atoms with Gasteiger partial charge in [0, 0.05) is 12.3 Å². The van der Waals surface area contributed by atoms with Crippen LogP contribution >= 0.6 is 11.3 Å². The number of hydrogen-bond donors (Lipinski definition) is 0. The van der Waals surface area contributed by atoms with Crippen molar-refractivity contribution in [2.45, 2.75) is 0 Å². The Bertz CT molecular complexity index is 511. The van der Waals surface area contributed by atoms with Crippen molar-refractivity contribution in [1.29, 1.82) is 0 Å². The van der Waals surface area contributed by atoms with E-state index in [1.807, 2.05) is 0 Å². The van der Waals surface area contributed by atoms with Crippen molar-refractivity contribution < 1.29 is 14.3 Å². The molecule has 0 aliphatic carbocycles. The minimum Gasteiger partial charge on any atom is -0.403 e. The summed E-state index contributed by atoms with van der Waals surface area (Å²) in [6.45, 7) is 0. The van der Waals surface area contributed by atoms with Crippen molar-refractivity contribution >= 4 is 23.6 Å². The summed E-state index contributed by atoms with van der Waals surface area (Å²) in [5.41, 5.74) is 0. The van der Waals surface area contributed by atoms with Gasteiger partial charge in [0.1, 0.15) is 4.88 Å². The van der Waals surface area contributed by atoms with E-state index >= 15 is 0 Å².